The normalized spacial score (nSPS) is 11.1. The maximum atomic E-state index is 11.6. The summed E-state index contributed by atoms with van der Waals surface area (Å²) in [6.45, 7) is 5.38. The first-order valence-corrected chi connectivity index (χ1v) is 6.92. The van der Waals surface area contributed by atoms with Crippen molar-refractivity contribution >= 4 is 5.91 Å². The fourth-order valence-electron chi connectivity index (χ4n) is 2.07. The number of nitrogens with two attached hydrogens (primary N) is 1. The summed E-state index contributed by atoms with van der Waals surface area (Å²) in [7, 11) is 3.36. The minimum atomic E-state index is -0.342. The van der Waals surface area contributed by atoms with Crippen molar-refractivity contribution in [3.63, 3.8) is 0 Å². The predicted octanol–water partition coefficient (Wildman–Crippen LogP) is 0.676. The molecule has 0 unspecified atom stereocenters. The van der Waals surface area contributed by atoms with Gasteiger partial charge in [0.2, 0.25) is 0 Å². The zero-order valence-corrected chi connectivity index (χ0v) is 13.0. The van der Waals surface area contributed by atoms with Crippen LogP contribution in [0, 0.1) is 6.92 Å². The van der Waals surface area contributed by atoms with E-state index in [4.69, 9.17) is 19.7 Å². The van der Waals surface area contributed by atoms with E-state index < -0.39 is 0 Å². The number of carbonyl (C=O) groups is 1. The molecule has 1 heterocycles. The van der Waals surface area contributed by atoms with Crippen molar-refractivity contribution in [1.82, 2.24) is 10.3 Å². The molecule has 0 aliphatic rings. The van der Waals surface area contributed by atoms with Crippen molar-refractivity contribution in [2.24, 2.45) is 5.84 Å². The van der Waals surface area contributed by atoms with Gasteiger partial charge in [0.15, 0.2) is 0 Å². The Bertz CT molecular complexity index is 434. The average molecular weight is 299 g/mol. The molecule has 0 fully saturated rings. The second kappa shape index (κ2) is 9.51. The summed E-state index contributed by atoms with van der Waals surface area (Å²) in [5.74, 6) is 6.11. The van der Waals surface area contributed by atoms with E-state index in [9.17, 15) is 4.79 Å². The second-order valence-electron chi connectivity index (χ2n) is 4.77. The van der Waals surface area contributed by atoms with Crippen molar-refractivity contribution in [3.8, 4) is 0 Å². The molecule has 0 spiro atoms. The SMILES string of the molecule is COCCCN(CCOC)Cc1cc(C(=O)NN)c(C)o1. The lowest BCUT2D eigenvalue weighted by atomic mass is 10.2. The number of nitrogens with zero attached hydrogens (tertiary/aromatic N) is 1. The molecule has 0 saturated carbocycles. The van der Waals surface area contributed by atoms with Gasteiger partial charge < -0.3 is 13.9 Å². The van der Waals surface area contributed by atoms with E-state index in [0.717, 1.165) is 25.3 Å². The number of amides is 1. The number of hydrogen-bond acceptors (Lipinski definition) is 6. The molecule has 0 bridgehead atoms. The average Bonchev–Trinajstić information content (AvgIpc) is 2.84. The highest BCUT2D eigenvalue weighted by molar-refractivity contribution is 5.94. The van der Waals surface area contributed by atoms with Crippen molar-refractivity contribution in [2.75, 3.05) is 40.5 Å². The van der Waals surface area contributed by atoms with Crippen molar-refractivity contribution in [2.45, 2.75) is 19.9 Å². The van der Waals surface area contributed by atoms with Gasteiger partial charge in [-0.05, 0) is 19.4 Å². The minimum Gasteiger partial charge on any atom is -0.464 e. The first-order chi connectivity index (χ1) is 10.1. The van der Waals surface area contributed by atoms with Crippen LogP contribution in [0.2, 0.25) is 0 Å². The molecule has 0 radical (unpaired) electrons. The number of furan rings is 1. The van der Waals surface area contributed by atoms with Crippen LogP contribution in [0.3, 0.4) is 0 Å². The van der Waals surface area contributed by atoms with Crippen LogP contribution < -0.4 is 11.3 Å². The minimum absolute atomic E-state index is 0.342. The van der Waals surface area contributed by atoms with Gasteiger partial charge in [0.25, 0.3) is 5.91 Å². The van der Waals surface area contributed by atoms with E-state index in [-0.39, 0.29) is 5.91 Å². The molecule has 0 atom stereocenters. The monoisotopic (exact) mass is 299 g/mol. The van der Waals surface area contributed by atoms with Crippen LogP contribution in [-0.4, -0.2) is 51.3 Å². The maximum absolute atomic E-state index is 11.6. The lowest BCUT2D eigenvalue weighted by Gasteiger charge is -2.20. The number of aryl methyl sites for hydroxylation is 1. The van der Waals surface area contributed by atoms with Crippen molar-refractivity contribution in [1.29, 1.82) is 0 Å². The molecule has 1 aromatic heterocycles. The first-order valence-electron chi connectivity index (χ1n) is 6.92. The van der Waals surface area contributed by atoms with E-state index in [1.807, 2.05) is 0 Å². The number of hydrazine groups is 1. The fourth-order valence-corrected chi connectivity index (χ4v) is 2.07. The van der Waals surface area contributed by atoms with Crippen LogP contribution >= 0.6 is 0 Å². The van der Waals surface area contributed by atoms with Gasteiger partial charge in [-0.25, -0.2) is 5.84 Å². The number of ether oxygens (including phenoxy) is 2. The van der Waals surface area contributed by atoms with Crippen LogP contribution in [0.1, 0.15) is 28.3 Å². The summed E-state index contributed by atoms with van der Waals surface area (Å²) in [5, 5.41) is 0. The molecular weight excluding hydrogens is 274 g/mol. The molecule has 1 rings (SSSR count). The predicted molar refractivity (Wildman–Crippen MR) is 78.7 cm³/mol. The third-order valence-electron chi connectivity index (χ3n) is 3.16. The third-order valence-corrected chi connectivity index (χ3v) is 3.16. The van der Waals surface area contributed by atoms with Gasteiger partial charge in [-0.15, -0.1) is 0 Å². The first kappa shape index (κ1) is 17.6. The Labute approximate surface area is 125 Å². The molecule has 21 heavy (non-hydrogen) atoms. The zero-order valence-electron chi connectivity index (χ0n) is 13.0. The van der Waals surface area contributed by atoms with E-state index in [2.05, 4.69) is 10.3 Å². The molecule has 3 N–H and O–H groups in total. The number of rotatable bonds is 10. The highest BCUT2D eigenvalue weighted by Crippen LogP contribution is 2.16. The fraction of sp³-hybridized carbons (Fsp3) is 0.643. The standard InChI is InChI=1S/C14H25N3O4/c1-11-13(14(18)16-15)9-12(21-11)10-17(6-8-20-3)5-4-7-19-2/h9H,4-8,10,15H2,1-3H3,(H,16,18). The molecular formula is C14H25N3O4. The molecule has 0 aromatic carbocycles. The highest BCUT2D eigenvalue weighted by atomic mass is 16.5. The second-order valence-corrected chi connectivity index (χ2v) is 4.77. The van der Waals surface area contributed by atoms with E-state index >= 15 is 0 Å². The van der Waals surface area contributed by atoms with Gasteiger partial charge in [0.1, 0.15) is 11.5 Å². The van der Waals surface area contributed by atoms with Gasteiger partial charge >= 0.3 is 0 Å². The Morgan fingerprint density at radius 3 is 2.67 bits per heavy atom. The van der Waals surface area contributed by atoms with E-state index in [1.165, 1.54) is 0 Å². The van der Waals surface area contributed by atoms with Crippen LogP contribution in [0.4, 0.5) is 0 Å². The number of hydrogen-bond donors (Lipinski definition) is 2. The summed E-state index contributed by atoms with van der Waals surface area (Å²) in [6.07, 6.45) is 0.927. The summed E-state index contributed by atoms with van der Waals surface area (Å²) < 4.78 is 15.8. The molecule has 1 aromatic rings. The van der Waals surface area contributed by atoms with Crippen LogP contribution in [0.5, 0.6) is 0 Å². The number of carbonyl (C=O) groups excluding carboxylic acids is 1. The van der Waals surface area contributed by atoms with E-state index in [0.29, 0.717) is 31.1 Å². The van der Waals surface area contributed by atoms with Crippen LogP contribution in [0.25, 0.3) is 0 Å². The van der Waals surface area contributed by atoms with E-state index in [1.54, 1.807) is 27.2 Å². The lowest BCUT2D eigenvalue weighted by molar-refractivity contribution is 0.0952. The topological polar surface area (TPSA) is 90.0 Å². The molecule has 7 nitrogen and oxygen atoms in total. The summed E-state index contributed by atoms with van der Waals surface area (Å²) in [4.78, 5) is 13.8. The number of methoxy groups -OCH3 is 2. The van der Waals surface area contributed by atoms with Gasteiger partial charge in [-0.2, -0.15) is 0 Å². The van der Waals surface area contributed by atoms with Gasteiger partial charge in [0.05, 0.1) is 18.7 Å². The Kier molecular flexibility index (Phi) is 7.99. The van der Waals surface area contributed by atoms with Gasteiger partial charge in [-0.3, -0.25) is 15.1 Å². The molecule has 120 valence electrons. The van der Waals surface area contributed by atoms with Gasteiger partial charge in [0, 0.05) is 33.9 Å². The smallest absolute Gasteiger partial charge is 0.268 e. The summed E-state index contributed by atoms with van der Waals surface area (Å²) in [5.41, 5.74) is 2.58. The summed E-state index contributed by atoms with van der Waals surface area (Å²) in [6, 6.07) is 1.73. The van der Waals surface area contributed by atoms with Crippen molar-refractivity contribution in [3.05, 3.63) is 23.2 Å². The maximum Gasteiger partial charge on any atom is 0.268 e. The molecule has 0 saturated heterocycles. The largest absolute Gasteiger partial charge is 0.464 e. The van der Waals surface area contributed by atoms with Crippen LogP contribution in [0.15, 0.2) is 10.5 Å². The number of nitrogen functional groups attached to an aromatic ring is 1. The lowest BCUT2D eigenvalue weighted by Crippen LogP contribution is -2.30. The molecule has 0 aliphatic heterocycles. The molecule has 1 amide bonds. The van der Waals surface area contributed by atoms with Crippen LogP contribution in [-0.2, 0) is 16.0 Å². The number of nitrogens with one attached hydrogen (secondary N) is 1. The highest BCUT2D eigenvalue weighted by Gasteiger charge is 2.16. The van der Waals surface area contributed by atoms with Gasteiger partial charge in [-0.1, -0.05) is 0 Å². The Morgan fingerprint density at radius 2 is 2.05 bits per heavy atom. The molecule has 7 heteroatoms. The quantitative estimate of drug-likeness (QED) is 0.286. The summed E-state index contributed by atoms with van der Waals surface area (Å²) >= 11 is 0. The Hall–Kier alpha value is -1.41. The Morgan fingerprint density at radius 1 is 1.33 bits per heavy atom. The Balaban J connectivity index is 2.66. The zero-order chi connectivity index (χ0) is 15.7. The third kappa shape index (κ3) is 5.84. The van der Waals surface area contributed by atoms with Crippen molar-refractivity contribution < 1.29 is 18.7 Å². The molecule has 0 aliphatic carbocycles.